The van der Waals surface area contributed by atoms with Gasteiger partial charge in [-0.25, -0.2) is 0 Å². The molecular weight excluding hydrogens is 254 g/mol. The van der Waals surface area contributed by atoms with Crippen molar-refractivity contribution in [3.8, 4) is 0 Å². The lowest BCUT2D eigenvalue weighted by molar-refractivity contribution is 0.244. The number of hydrogen-bond acceptors (Lipinski definition) is 1. The van der Waals surface area contributed by atoms with Gasteiger partial charge in [0.1, 0.15) is 0 Å². The summed E-state index contributed by atoms with van der Waals surface area (Å²) in [5, 5.41) is 3.98. The quantitative estimate of drug-likeness (QED) is 0.683. The summed E-state index contributed by atoms with van der Waals surface area (Å²) in [5.74, 6) is 0.896. The first-order valence-corrected chi connectivity index (χ1v) is 9.13. The van der Waals surface area contributed by atoms with Crippen molar-refractivity contribution in [3.05, 3.63) is 35.4 Å². The molecule has 1 fully saturated rings. The van der Waals surface area contributed by atoms with Gasteiger partial charge in [0.15, 0.2) is 0 Å². The Morgan fingerprint density at radius 3 is 2.14 bits per heavy atom. The first-order chi connectivity index (χ1) is 10.3. The summed E-state index contributed by atoms with van der Waals surface area (Å²) in [7, 11) is 0. The van der Waals surface area contributed by atoms with E-state index in [0.29, 0.717) is 12.1 Å². The molecule has 118 valence electrons. The molecule has 2 rings (SSSR count). The fourth-order valence-corrected chi connectivity index (χ4v) is 3.82. The van der Waals surface area contributed by atoms with E-state index in [-0.39, 0.29) is 0 Å². The van der Waals surface area contributed by atoms with E-state index in [0.717, 1.165) is 12.3 Å². The van der Waals surface area contributed by atoms with E-state index in [1.807, 2.05) is 0 Å². The van der Waals surface area contributed by atoms with Crippen LogP contribution in [0.4, 0.5) is 0 Å². The minimum atomic E-state index is 0.516. The normalized spacial score (nSPS) is 19.4. The lowest BCUT2D eigenvalue weighted by Gasteiger charge is -2.33. The lowest BCUT2D eigenvalue weighted by atomic mass is 9.82. The van der Waals surface area contributed by atoms with Crippen molar-refractivity contribution >= 4 is 0 Å². The van der Waals surface area contributed by atoms with E-state index in [4.69, 9.17) is 0 Å². The summed E-state index contributed by atoms with van der Waals surface area (Å²) in [5.41, 5.74) is 2.90. The van der Waals surface area contributed by atoms with E-state index in [1.165, 1.54) is 56.1 Å². The third-order valence-electron chi connectivity index (χ3n) is 5.27. The molecule has 0 aromatic heterocycles. The molecule has 0 radical (unpaired) electrons. The maximum atomic E-state index is 3.98. The molecule has 1 heteroatoms. The summed E-state index contributed by atoms with van der Waals surface area (Å²) in [6, 6.07) is 10.5. The average molecular weight is 287 g/mol. The molecule has 21 heavy (non-hydrogen) atoms. The molecule has 0 spiro atoms. The predicted octanol–water partition coefficient (Wildman–Crippen LogP) is 5.65. The SMILES string of the molecule is CCc1ccc(C(CC)NC(CC)C2CCCCC2)cc1. The van der Waals surface area contributed by atoms with Crippen LogP contribution in [0, 0.1) is 5.92 Å². The van der Waals surface area contributed by atoms with Crippen LogP contribution in [0.1, 0.15) is 82.9 Å². The Morgan fingerprint density at radius 2 is 1.62 bits per heavy atom. The van der Waals surface area contributed by atoms with Gasteiger partial charge >= 0.3 is 0 Å². The standard InChI is InChI=1S/C20H33N/c1-4-16-12-14-18(15-13-16)20(6-3)21-19(5-2)17-10-8-7-9-11-17/h12-15,17,19-21H,4-11H2,1-3H3. The Bertz CT molecular complexity index is 389. The van der Waals surface area contributed by atoms with Crippen LogP contribution < -0.4 is 5.32 Å². The van der Waals surface area contributed by atoms with Gasteiger partial charge in [-0.15, -0.1) is 0 Å². The summed E-state index contributed by atoms with van der Waals surface area (Å²) >= 11 is 0. The number of hydrogen-bond donors (Lipinski definition) is 1. The van der Waals surface area contributed by atoms with Gasteiger partial charge in [-0.05, 0) is 49.1 Å². The first-order valence-electron chi connectivity index (χ1n) is 9.13. The van der Waals surface area contributed by atoms with Crippen LogP contribution in [0.5, 0.6) is 0 Å². The predicted molar refractivity (Wildman–Crippen MR) is 92.6 cm³/mol. The van der Waals surface area contributed by atoms with E-state index in [2.05, 4.69) is 50.4 Å². The second-order valence-corrected chi connectivity index (χ2v) is 6.64. The summed E-state index contributed by atoms with van der Waals surface area (Å²) in [4.78, 5) is 0. The minimum Gasteiger partial charge on any atom is -0.307 e. The highest BCUT2D eigenvalue weighted by molar-refractivity contribution is 5.25. The topological polar surface area (TPSA) is 12.0 Å². The second-order valence-electron chi connectivity index (χ2n) is 6.64. The van der Waals surface area contributed by atoms with Crippen molar-refractivity contribution in [2.75, 3.05) is 0 Å². The molecule has 0 saturated heterocycles. The zero-order valence-corrected chi connectivity index (χ0v) is 14.2. The molecule has 1 aliphatic rings. The van der Waals surface area contributed by atoms with E-state index in [1.54, 1.807) is 0 Å². The van der Waals surface area contributed by atoms with Crippen LogP contribution >= 0.6 is 0 Å². The van der Waals surface area contributed by atoms with Crippen molar-refractivity contribution in [1.82, 2.24) is 5.32 Å². The van der Waals surface area contributed by atoms with Gasteiger partial charge in [-0.1, -0.05) is 64.3 Å². The molecule has 1 nitrogen and oxygen atoms in total. The zero-order valence-electron chi connectivity index (χ0n) is 14.2. The number of rotatable bonds is 7. The summed E-state index contributed by atoms with van der Waals surface area (Å²) < 4.78 is 0. The van der Waals surface area contributed by atoms with Crippen LogP contribution in [0.3, 0.4) is 0 Å². The molecule has 0 aliphatic heterocycles. The molecule has 1 saturated carbocycles. The van der Waals surface area contributed by atoms with Crippen LogP contribution in [-0.2, 0) is 6.42 Å². The van der Waals surface area contributed by atoms with Gasteiger partial charge in [0.2, 0.25) is 0 Å². The van der Waals surface area contributed by atoms with Crippen molar-refractivity contribution in [3.63, 3.8) is 0 Å². The zero-order chi connectivity index (χ0) is 15.1. The van der Waals surface area contributed by atoms with Crippen LogP contribution in [0.2, 0.25) is 0 Å². The van der Waals surface area contributed by atoms with E-state index < -0.39 is 0 Å². The molecule has 2 unspecified atom stereocenters. The van der Waals surface area contributed by atoms with Gasteiger partial charge in [-0.3, -0.25) is 0 Å². The Kier molecular flexibility index (Phi) is 6.76. The third kappa shape index (κ3) is 4.57. The molecule has 0 heterocycles. The number of nitrogens with one attached hydrogen (secondary N) is 1. The first kappa shape index (κ1) is 16.5. The highest BCUT2D eigenvalue weighted by atomic mass is 15.0. The van der Waals surface area contributed by atoms with Crippen molar-refractivity contribution in [2.24, 2.45) is 5.92 Å². The van der Waals surface area contributed by atoms with Crippen LogP contribution in [0.15, 0.2) is 24.3 Å². The molecule has 0 bridgehead atoms. The largest absolute Gasteiger partial charge is 0.307 e. The Balaban J connectivity index is 2.01. The van der Waals surface area contributed by atoms with E-state index in [9.17, 15) is 0 Å². The Morgan fingerprint density at radius 1 is 0.952 bits per heavy atom. The maximum absolute atomic E-state index is 3.98. The Labute approximate surface area is 131 Å². The molecular formula is C20H33N. The fraction of sp³-hybridized carbons (Fsp3) is 0.700. The van der Waals surface area contributed by atoms with Gasteiger partial charge in [0.25, 0.3) is 0 Å². The number of benzene rings is 1. The third-order valence-corrected chi connectivity index (χ3v) is 5.27. The smallest absolute Gasteiger partial charge is 0.0320 e. The van der Waals surface area contributed by atoms with Crippen LogP contribution in [0.25, 0.3) is 0 Å². The number of aryl methyl sites for hydroxylation is 1. The molecule has 1 aromatic carbocycles. The minimum absolute atomic E-state index is 0.516. The highest BCUT2D eigenvalue weighted by Crippen LogP contribution is 2.30. The lowest BCUT2D eigenvalue weighted by Crippen LogP contribution is -2.39. The molecule has 1 aliphatic carbocycles. The van der Waals surface area contributed by atoms with Crippen molar-refractivity contribution in [1.29, 1.82) is 0 Å². The molecule has 2 atom stereocenters. The van der Waals surface area contributed by atoms with Crippen molar-refractivity contribution < 1.29 is 0 Å². The molecule has 0 amide bonds. The Hall–Kier alpha value is -0.820. The van der Waals surface area contributed by atoms with Crippen LogP contribution in [-0.4, -0.2) is 6.04 Å². The summed E-state index contributed by atoms with van der Waals surface area (Å²) in [6.45, 7) is 6.87. The average Bonchev–Trinajstić information content (AvgIpc) is 2.57. The maximum Gasteiger partial charge on any atom is 0.0320 e. The van der Waals surface area contributed by atoms with Gasteiger partial charge in [-0.2, -0.15) is 0 Å². The van der Waals surface area contributed by atoms with Crippen molar-refractivity contribution in [2.45, 2.75) is 84.2 Å². The van der Waals surface area contributed by atoms with Gasteiger partial charge in [0, 0.05) is 12.1 Å². The highest BCUT2D eigenvalue weighted by Gasteiger charge is 2.24. The fourth-order valence-electron chi connectivity index (χ4n) is 3.82. The summed E-state index contributed by atoms with van der Waals surface area (Å²) in [6.07, 6.45) is 10.7. The monoisotopic (exact) mass is 287 g/mol. The molecule has 1 N–H and O–H groups in total. The molecule has 1 aromatic rings. The van der Waals surface area contributed by atoms with Gasteiger partial charge < -0.3 is 5.32 Å². The second kappa shape index (κ2) is 8.58. The van der Waals surface area contributed by atoms with E-state index >= 15 is 0 Å². The van der Waals surface area contributed by atoms with Gasteiger partial charge in [0.05, 0.1) is 0 Å².